The third-order valence-electron chi connectivity index (χ3n) is 3.25. The smallest absolute Gasteiger partial charge is 0.254 e. The molecule has 0 bridgehead atoms. The molecule has 0 unspecified atom stereocenters. The van der Waals surface area contributed by atoms with Gasteiger partial charge in [0.15, 0.2) is 0 Å². The van der Waals surface area contributed by atoms with E-state index in [-0.39, 0.29) is 17.1 Å². The van der Waals surface area contributed by atoms with Gasteiger partial charge in [-0.05, 0) is 39.8 Å². The lowest BCUT2D eigenvalue weighted by Crippen LogP contribution is -2.58. The first-order valence-electron chi connectivity index (χ1n) is 6.86. The van der Waals surface area contributed by atoms with Gasteiger partial charge in [0.2, 0.25) is 0 Å². The highest BCUT2D eigenvalue weighted by molar-refractivity contribution is 5.95. The van der Waals surface area contributed by atoms with Crippen LogP contribution in [0.4, 0.5) is 5.82 Å². The Hall–Kier alpha value is -1.62. The molecule has 0 atom stereocenters. The lowest BCUT2D eigenvalue weighted by molar-refractivity contribution is -0.171. The molecule has 1 fully saturated rings. The molecule has 1 amide bonds. The maximum atomic E-state index is 12.7. The number of nitrogens with zero attached hydrogens (tertiary/aromatic N) is 2. The molecular weight excluding hydrogens is 254 g/mol. The van der Waals surface area contributed by atoms with Crippen LogP contribution in [0, 0.1) is 0 Å². The van der Waals surface area contributed by atoms with Gasteiger partial charge in [-0.25, -0.2) is 4.98 Å². The second-order valence-electron chi connectivity index (χ2n) is 6.46. The molecule has 0 saturated carbocycles. The first-order chi connectivity index (χ1) is 9.22. The average molecular weight is 277 g/mol. The van der Waals surface area contributed by atoms with Crippen molar-refractivity contribution in [3.63, 3.8) is 0 Å². The Morgan fingerprint density at radius 2 is 1.90 bits per heavy atom. The van der Waals surface area contributed by atoms with E-state index in [4.69, 9.17) is 4.74 Å². The largest absolute Gasteiger partial charge is 0.373 e. The molecule has 0 aromatic carbocycles. The van der Waals surface area contributed by atoms with E-state index in [0.717, 1.165) is 0 Å². The molecule has 0 radical (unpaired) electrons. The van der Waals surface area contributed by atoms with Crippen LogP contribution in [0.1, 0.15) is 38.1 Å². The zero-order chi connectivity index (χ0) is 15.0. The molecule has 1 aliphatic heterocycles. The van der Waals surface area contributed by atoms with Crippen LogP contribution >= 0.6 is 0 Å². The lowest BCUT2D eigenvalue weighted by Gasteiger charge is -2.47. The minimum atomic E-state index is -0.337. The molecule has 1 saturated heterocycles. The molecule has 2 heterocycles. The summed E-state index contributed by atoms with van der Waals surface area (Å²) in [5.74, 6) is 0.718. The zero-order valence-electron chi connectivity index (χ0n) is 12.9. The SMILES string of the molecule is CNc1cc(C(=O)N2CC(C)(C)OC(C)(C)C2)ccn1. The monoisotopic (exact) mass is 277 g/mol. The molecule has 20 heavy (non-hydrogen) atoms. The minimum Gasteiger partial charge on any atom is -0.373 e. The van der Waals surface area contributed by atoms with Gasteiger partial charge in [0, 0.05) is 31.9 Å². The maximum absolute atomic E-state index is 12.7. The number of carbonyl (C=O) groups is 1. The molecule has 1 N–H and O–H groups in total. The Labute approximate surface area is 120 Å². The van der Waals surface area contributed by atoms with Crippen LogP contribution in [-0.4, -0.2) is 47.1 Å². The summed E-state index contributed by atoms with van der Waals surface area (Å²) in [7, 11) is 1.79. The van der Waals surface area contributed by atoms with Gasteiger partial charge in [-0.3, -0.25) is 4.79 Å². The quantitative estimate of drug-likeness (QED) is 0.900. The Kier molecular flexibility index (Phi) is 3.73. The average Bonchev–Trinajstić information content (AvgIpc) is 2.34. The fourth-order valence-corrected chi connectivity index (χ4v) is 2.81. The standard InChI is InChI=1S/C15H23N3O2/c1-14(2)9-18(10-15(3,4)20-14)13(19)11-6-7-17-12(8-11)16-5/h6-8H,9-10H2,1-5H3,(H,16,17). The number of ether oxygens (including phenoxy) is 1. The van der Waals surface area contributed by atoms with Crippen molar-refractivity contribution >= 4 is 11.7 Å². The van der Waals surface area contributed by atoms with E-state index in [1.807, 2.05) is 32.6 Å². The first kappa shape index (κ1) is 14.8. The van der Waals surface area contributed by atoms with E-state index in [1.165, 1.54) is 0 Å². The molecule has 110 valence electrons. The van der Waals surface area contributed by atoms with Crippen LogP contribution < -0.4 is 5.32 Å². The van der Waals surface area contributed by atoms with Gasteiger partial charge < -0.3 is 15.0 Å². The Morgan fingerprint density at radius 3 is 2.45 bits per heavy atom. The zero-order valence-corrected chi connectivity index (χ0v) is 12.9. The summed E-state index contributed by atoms with van der Waals surface area (Å²) in [5.41, 5.74) is -0.0233. The summed E-state index contributed by atoms with van der Waals surface area (Å²) in [6, 6.07) is 3.52. The highest BCUT2D eigenvalue weighted by atomic mass is 16.5. The van der Waals surface area contributed by atoms with Gasteiger partial charge in [0.1, 0.15) is 5.82 Å². The molecule has 1 aromatic rings. The van der Waals surface area contributed by atoms with Crippen molar-refractivity contribution < 1.29 is 9.53 Å². The number of carbonyl (C=O) groups excluding carboxylic acids is 1. The van der Waals surface area contributed by atoms with Gasteiger partial charge in [-0.1, -0.05) is 0 Å². The maximum Gasteiger partial charge on any atom is 0.254 e. The highest BCUT2D eigenvalue weighted by Gasteiger charge is 2.40. The molecule has 0 spiro atoms. The van der Waals surface area contributed by atoms with E-state index in [9.17, 15) is 4.79 Å². The van der Waals surface area contributed by atoms with Gasteiger partial charge in [0.25, 0.3) is 5.91 Å². The summed E-state index contributed by atoms with van der Waals surface area (Å²) in [5, 5.41) is 2.95. The van der Waals surface area contributed by atoms with Crippen molar-refractivity contribution in [3.05, 3.63) is 23.9 Å². The van der Waals surface area contributed by atoms with E-state index >= 15 is 0 Å². The molecule has 5 heteroatoms. The summed E-state index contributed by atoms with van der Waals surface area (Å²) in [4.78, 5) is 18.7. The Bertz CT molecular complexity index is 496. The van der Waals surface area contributed by atoms with Crippen molar-refractivity contribution in [1.82, 2.24) is 9.88 Å². The minimum absolute atomic E-state index is 0.0216. The molecule has 2 rings (SSSR count). The summed E-state index contributed by atoms with van der Waals surface area (Å²) in [6.07, 6.45) is 1.65. The molecule has 5 nitrogen and oxygen atoms in total. The molecule has 0 aliphatic carbocycles. The molecular formula is C15H23N3O2. The van der Waals surface area contributed by atoms with Crippen LogP contribution in [0.15, 0.2) is 18.3 Å². The number of nitrogens with one attached hydrogen (secondary N) is 1. The topological polar surface area (TPSA) is 54.5 Å². The van der Waals surface area contributed by atoms with Gasteiger partial charge in [-0.15, -0.1) is 0 Å². The van der Waals surface area contributed by atoms with Crippen LogP contribution in [0.25, 0.3) is 0 Å². The number of morpholine rings is 1. The van der Waals surface area contributed by atoms with Gasteiger partial charge >= 0.3 is 0 Å². The van der Waals surface area contributed by atoms with E-state index < -0.39 is 0 Å². The second-order valence-corrected chi connectivity index (χ2v) is 6.46. The number of amides is 1. The van der Waals surface area contributed by atoms with Crippen molar-refractivity contribution in [1.29, 1.82) is 0 Å². The summed E-state index contributed by atoms with van der Waals surface area (Å²) < 4.78 is 6.00. The second kappa shape index (κ2) is 5.05. The fraction of sp³-hybridized carbons (Fsp3) is 0.600. The third-order valence-corrected chi connectivity index (χ3v) is 3.25. The van der Waals surface area contributed by atoms with Crippen molar-refractivity contribution in [2.75, 3.05) is 25.5 Å². The number of pyridine rings is 1. The number of hydrogen-bond acceptors (Lipinski definition) is 4. The van der Waals surface area contributed by atoms with Crippen LogP contribution in [0.5, 0.6) is 0 Å². The molecule has 1 aromatic heterocycles. The molecule has 1 aliphatic rings. The lowest BCUT2D eigenvalue weighted by atomic mass is 9.98. The summed E-state index contributed by atoms with van der Waals surface area (Å²) >= 11 is 0. The Morgan fingerprint density at radius 1 is 1.30 bits per heavy atom. The highest BCUT2D eigenvalue weighted by Crippen LogP contribution is 2.29. The van der Waals surface area contributed by atoms with E-state index in [0.29, 0.717) is 24.5 Å². The number of rotatable bonds is 2. The van der Waals surface area contributed by atoms with Crippen LogP contribution in [0.3, 0.4) is 0 Å². The van der Waals surface area contributed by atoms with E-state index in [2.05, 4.69) is 10.3 Å². The van der Waals surface area contributed by atoms with E-state index in [1.54, 1.807) is 25.4 Å². The number of aromatic nitrogens is 1. The first-order valence-corrected chi connectivity index (χ1v) is 6.86. The normalized spacial score (nSPS) is 20.6. The van der Waals surface area contributed by atoms with Crippen molar-refractivity contribution in [3.8, 4) is 0 Å². The van der Waals surface area contributed by atoms with Gasteiger partial charge in [-0.2, -0.15) is 0 Å². The van der Waals surface area contributed by atoms with Crippen LogP contribution in [-0.2, 0) is 4.74 Å². The fourth-order valence-electron chi connectivity index (χ4n) is 2.81. The van der Waals surface area contributed by atoms with Gasteiger partial charge in [0.05, 0.1) is 11.2 Å². The summed E-state index contributed by atoms with van der Waals surface area (Å²) in [6.45, 7) is 9.23. The van der Waals surface area contributed by atoms with Crippen molar-refractivity contribution in [2.45, 2.75) is 38.9 Å². The predicted molar refractivity (Wildman–Crippen MR) is 78.9 cm³/mol. The Balaban J connectivity index is 2.23. The van der Waals surface area contributed by atoms with Crippen molar-refractivity contribution in [2.24, 2.45) is 0 Å². The third kappa shape index (κ3) is 3.28. The van der Waals surface area contributed by atoms with Crippen LogP contribution in [0.2, 0.25) is 0 Å². The number of hydrogen-bond donors (Lipinski definition) is 1. The number of anilines is 1. The predicted octanol–water partition coefficient (Wildman–Crippen LogP) is 2.15.